The highest BCUT2D eigenvalue weighted by Gasteiger charge is 2.13. The van der Waals surface area contributed by atoms with Gasteiger partial charge in [0.2, 0.25) is 0 Å². The van der Waals surface area contributed by atoms with Crippen LogP contribution in [0.25, 0.3) is 0 Å². The van der Waals surface area contributed by atoms with Crippen molar-refractivity contribution in [2.24, 2.45) is 0 Å². The summed E-state index contributed by atoms with van der Waals surface area (Å²) in [6.45, 7) is 1.63. The first-order chi connectivity index (χ1) is 12.4. The molecule has 0 aliphatic rings. The third-order valence-electron chi connectivity index (χ3n) is 3.37. The summed E-state index contributed by atoms with van der Waals surface area (Å²) >= 11 is 5.85. The number of rotatable bonds is 4. The van der Waals surface area contributed by atoms with Crippen LogP contribution in [0.15, 0.2) is 48.5 Å². The maximum absolute atomic E-state index is 13.7. The Hall–Kier alpha value is -3.06. The third-order valence-corrected chi connectivity index (χ3v) is 3.62. The van der Waals surface area contributed by atoms with Crippen molar-refractivity contribution in [2.45, 2.75) is 6.92 Å². The van der Waals surface area contributed by atoms with E-state index in [2.05, 4.69) is 20.6 Å². The number of aryl methyl sites for hydroxylation is 1. The Kier molecular flexibility index (Phi) is 5.09. The molecule has 3 rings (SSSR count). The van der Waals surface area contributed by atoms with E-state index in [1.807, 2.05) is 0 Å². The topological polar surface area (TPSA) is 66.9 Å². The molecule has 1 amide bonds. The fourth-order valence-electron chi connectivity index (χ4n) is 2.21. The van der Waals surface area contributed by atoms with E-state index in [1.165, 1.54) is 6.07 Å². The number of aromatic nitrogens is 2. The summed E-state index contributed by atoms with van der Waals surface area (Å²) in [5, 5.41) is 5.99. The first-order valence-electron chi connectivity index (χ1n) is 7.55. The van der Waals surface area contributed by atoms with Crippen molar-refractivity contribution in [1.82, 2.24) is 9.97 Å². The Morgan fingerprint density at radius 2 is 1.77 bits per heavy atom. The van der Waals surface area contributed by atoms with Crippen LogP contribution in [0.3, 0.4) is 0 Å². The number of carbonyl (C=O) groups excluding carboxylic acids is 1. The van der Waals surface area contributed by atoms with Crippen molar-refractivity contribution in [3.05, 3.63) is 76.7 Å². The fraction of sp³-hybridized carbons (Fsp3) is 0.0556. The smallest absolute Gasteiger partial charge is 0.274 e. The molecule has 2 N–H and O–H groups in total. The number of benzene rings is 2. The molecule has 0 spiro atoms. The Balaban J connectivity index is 1.82. The van der Waals surface area contributed by atoms with Gasteiger partial charge in [0.15, 0.2) is 0 Å². The zero-order valence-corrected chi connectivity index (χ0v) is 14.3. The molecule has 0 radical (unpaired) electrons. The lowest BCUT2D eigenvalue weighted by Crippen LogP contribution is -2.16. The molecule has 0 aliphatic heterocycles. The molecule has 0 unspecified atom stereocenters. The van der Waals surface area contributed by atoms with Crippen molar-refractivity contribution in [2.75, 3.05) is 10.6 Å². The maximum atomic E-state index is 13.7. The van der Waals surface area contributed by atoms with Gasteiger partial charge in [-0.05, 0) is 43.3 Å². The third kappa shape index (κ3) is 4.31. The first kappa shape index (κ1) is 17.8. The number of nitrogens with one attached hydrogen (secondary N) is 2. The summed E-state index contributed by atoms with van der Waals surface area (Å²) < 4.78 is 26.7. The van der Waals surface area contributed by atoms with Crippen LogP contribution in [0.1, 0.15) is 16.3 Å². The lowest BCUT2D eigenvalue weighted by atomic mass is 10.2. The van der Waals surface area contributed by atoms with Crippen molar-refractivity contribution in [3.63, 3.8) is 0 Å². The number of anilines is 3. The van der Waals surface area contributed by atoms with Gasteiger partial charge in [-0.15, -0.1) is 0 Å². The molecule has 0 aliphatic carbocycles. The molecule has 1 heterocycles. The van der Waals surface area contributed by atoms with E-state index in [-0.39, 0.29) is 11.4 Å². The summed E-state index contributed by atoms with van der Waals surface area (Å²) in [5.41, 5.74) is 0.626. The van der Waals surface area contributed by atoms with Gasteiger partial charge in [-0.1, -0.05) is 11.6 Å². The van der Waals surface area contributed by atoms with Gasteiger partial charge in [0.1, 0.15) is 29.0 Å². The van der Waals surface area contributed by atoms with Crippen LogP contribution in [0, 0.1) is 18.6 Å². The van der Waals surface area contributed by atoms with Crippen LogP contribution in [-0.2, 0) is 0 Å². The quantitative estimate of drug-likeness (QED) is 0.694. The minimum Gasteiger partial charge on any atom is -0.340 e. The molecule has 0 saturated carbocycles. The second-order valence-corrected chi connectivity index (χ2v) is 5.83. The molecule has 5 nitrogen and oxygen atoms in total. The van der Waals surface area contributed by atoms with Gasteiger partial charge < -0.3 is 10.6 Å². The molecule has 1 aromatic heterocycles. The first-order valence-corrected chi connectivity index (χ1v) is 7.93. The number of amides is 1. The average molecular weight is 375 g/mol. The summed E-state index contributed by atoms with van der Waals surface area (Å²) in [6, 6.07) is 11.3. The predicted octanol–water partition coefficient (Wildman–Crippen LogP) is 4.71. The van der Waals surface area contributed by atoms with Crippen LogP contribution in [0.5, 0.6) is 0 Å². The van der Waals surface area contributed by atoms with E-state index >= 15 is 0 Å². The Morgan fingerprint density at radius 3 is 2.46 bits per heavy atom. The van der Waals surface area contributed by atoms with Crippen LogP contribution in [-0.4, -0.2) is 15.9 Å². The summed E-state index contributed by atoms with van der Waals surface area (Å²) in [7, 11) is 0. The zero-order chi connectivity index (χ0) is 18.7. The number of hydrogen-bond donors (Lipinski definition) is 2. The van der Waals surface area contributed by atoms with Gasteiger partial charge in [-0.3, -0.25) is 4.79 Å². The van der Waals surface area contributed by atoms with E-state index in [0.29, 0.717) is 22.7 Å². The highest BCUT2D eigenvalue weighted by atomic mass is 35.5. The van der Waals surface area contributed by atoms with Crippen LogP contribution in [0.4, 0.5) is 26.0 Å². The maximum Gasteiger partial charge on any atom is 0.274 e. The lowest BCUT2D eigenvalue weighted by molar-refractivity contribution is 0.102. The molecular weight excluding hydrogens is 362 g/mol. The summed E-state index contributed by atoms with van der Waals surface area (Å²) in [5.74, 6) is -1.49. The molecule has 3 aromatic rings. The molecule has 0 saturated heterocycles. The number of nitrogens with zero attached hydrogens (tertiary/aromatic N) is 2. The second-order valence-electron chi connectivity index (χ2n) is 5.40. The monoisotopic (exact) mass is 374 g/mol. The number of carbonyl (C=O) groups is 1. The minimum atomic E-state index is -0.872. The predicted molar refractivity (Wildman–Crippen MR) is 95.8 cm³/mol. The van der Waals surface area contributed by atoms with Gasteiger partial charge in [0.05, 0.1) is 5.69 Å². The van der Waals surface area contributed by atoms with Crippen molar-refractivity contribution >= 4 is 34.7 Å². The highest BCUT2D eigenvalue weighted by Crippen LogP contribution is 2.20. The van der Waals surface area contributed by atoms with Gasteiger partial charge in [0, 0.05) is 22.8 Å². The van der Waals surface area contributed by atoms with E-state index in [0.717, 1.165) is 17.8 Å². The highest BCUT2D eigenvalue weighted by molar-refractivity contribution is 6.30. The van der Waals surface area contributed by atoms with Crippen LogP contribution >= 0.6 is 11.6 Å². The van der Waals surface area contributed by atoms with E-state index in [9.17, 15) is 13.6 Å². The average Bonchev–Trinajstić information content (AvgIpc) is 2.59. The van der Waals surface area contributed by atoms with Gasteiger partial charge in [0.25, 0.3) is 5.91 Å². The fourth-order valence-corrected chi connectivity index (χ4v) is 2.33. The van der Waals surface area contributed by atoms with Gasteiger partial charge in [-0.25, -0.2) is 18.7 Å². The van der Waals surface area contributed by atoms with Crippen molar-refractivity contribution < 1.29 is 13.6 Å². The molecule has 2 aromatic carbocycles. The normalized spacial score (nSPS) is 10.5. The molecule has 132 valence electrons. The Labute approximate surface area is 153 Å². The zero-order valence-electron chi connectivity index (χ0n) is 13.6. The van der Waals surface area contributed by atoms with E-state index < -0.39 is 17.5 Å². The molecule has 0 fully saturated rings. The number of halogens is 3. The summed E-state index contributed by atoms with van der Waals surface area (Å²) in [4.78, 5) is 20.6. The van der Waals surface area contributed by atoms with Crippen LogP contribution < -0.4 is 10.6 Å². The minimum absolute atomic E-state index is 0.0395. The number of hydrogen-bond acceptors (Lipinski definition) is 4. The SMILES string of the molecule is Cc1nc(Nc2ccc(Cl)cc2)cc(C(=O)Nc2ccc(F)cc2F)n1. The molecule has 0 bridgehead atoms. The van der Waals surface area contributed by atoms with E-state index in [4.69, 9.17) is 11.6 Å². The van der Waals surface area contributed by atoms with Gasteiger partial charge in [-0.2, -0.15) is 0 Å². The Bertz CT molecular complexity index is 964. The second kappa shape index (κ2) is 7.45. The Morgan fingerprint density at radius 1 is 1.04 bits per heavy atom. The van der Waals surface area contributed by atoms with Crippen molar-refractivity contribution in [3.8, 4) is 0 Å². The van der Waals surface area contributed by atoms with Crippen molar-refractivity contribution in [1.29, 1.82) is 0 Å². The standard InChI is InChI=1S/C18H13ClF2N4O/c1-10-22-16(18(26)25-15-7-4-12(20)8-14(15)21)9-17(23-10)24-13-5-2-11(19)3-6-13/h2-9H,1H3,(H,25,26)(H,22,23,24). The largest absolute Gasteiger partial charge is 0.340 e. The van der Waals surface area contributed by atoms with Crippen LogP contribution in [0.2, 0.25) is 5.02 Å². The van der Waals surface area contributed by atoms with Gasteiger partial charge >= 0.3 is 0 Å². The molecule has 0 atom stereocenters. The molecule has 8 heteroatoms. The van der Waals surface area contributed by atoms with E-state index in [1.54, 1.807) is 31.2 Å². The molecular formula is C18H13ClF2N4O. The molecule has 26 heavy (non-hydrogen) atoms. The lowest BCUT2D eigenvalue weighted by Gasteiger charge is -2.10. The summed E-state index contributed by atoms with van der Waals surface area (Å²) in [6.07, 6.45) is 0.